The summed E-state index contributed by atoms with van der Waals surface area (Å²) in [5.74, 6) is 0. The van der Waals surface area contributed by atoms with E-state index in [1.54, 1.807) is 11.8 Å². The Morgan fingerprint density at radius 2 is 2.28 bits per heavy atom. The van der Waals surface area contributed by atoms with E-state index in [0.717, 1.165) is 17.0 Å². The summed E-state index contributed by atoms with van der Waals surface area (Å²) in [6.45, 7) is 3.97. The zero-order valence-corrected chi connectivity index (χ0v) is 11.7. The van der Waals surface area contributed by atoms with Gasteiger partial charge in [-0.15, -0.1) is 11.8 Å². The van der Waals surface area contributed by atoms with Gasteiger partial charge in [-0.2, -0.15) is 0 Å². The van der Waals surface area contributed by atoms with Crippen LogP contribution in [0.2, 0.25) is 0 Å². The highest BCUT2D eigenvalue weighted by atomic mass is 32.2. The van der Waals surface area contributed by atoms with Crippen molar-refractivity contribution in [1.29, 1.82) is 0 Å². The van der Waals surface area contributed by atoms with E-state index in [1.165, 1.54) is 0 Å². The zero-order chi connectivity index (χ0) is 13.2. The van der Waals surface area contributed by atoms with Crippen LogP contribution < -0.4 is 10.6 Å². The molecule has 0 aliphatic carbocycles. The Balaban J connectivity index is 2.26. The summed E-state index contributed by atoms with van der Waals surface area (Å²) in [6.07, 6.45) is 2.83. The lowest BCUT2D eigenvalue weighted by Gasteiger charge is -2.08. The van der Waals surface area contributed by atoms with Crippen LogP contribution >= 0.6 is 11.8 Å². The molecule has 100 valence electrons. The SMILES string of the molecule is CCOCCCNC(=O)Nc1cccc(SC)c1. The highest BCUT2D eigenvalue weighted by molar-refractivity contribution is 7.98. The molecule has 4 nitrogen and oxygen atoms in total. The minimum absolute atomic E-state index is 0.176. The molecule has 0 atom stereocenters. The van der Waals surface area contributed by atoms with Gasteiger partial charge < -0.3 is 15.4 Å². The Morgan fingerprint density at radius 1 is 1.44 bits per heavy atom. The predicted octanol–water partition coefficient (Wildman–Crippen LogP) is 2.96. The number of ether oxygens (including phenoxy) is 1. The molecular formula is C13H20N2O2S. The van der Waals surface area contributed by atoms with Gasteiger partial charge in [-0.25, -0.2) is 4.79 Å². The van der Waals surface area contributed by atoms with Crippen LogP contribution in [-0.2, 0) is 4.74 Å². The third kappa shape index (κ3) is 5.93. The molecule has 0 unspecified atom stereocenters. The van der Waals surface area contributed by atoms with Crippen molar-refractivity contribution in [3.05, 3.63) is 24.3 Å². The molecule has 0 fully saturated rings. The number of carbonyl (C=O) groups excluding carboxylic acids is 1. The summed E-state index contributed by atoms with van der Waals surface area (Å²) in [4.78, 5) is 12.7. The van der Waals surface area contributed by atoms with Gasteiger partial charge in [-0.1, -0.05) is 6.07 Å². The number of amides is 2. The summed E-state index contributed by atoms with van der Waals surface area (Å²) < 4.78 is 5.19. The Hall–Kier alpha value is -1.20. The lowest BCUT2D eigenvalue weighted by molar-refractivity contribution is 0.145. The van der Waals surface area contributed by atoms with Gasteiger partial charge in [0, 0.05) is 30.3 Å². The van der Waals surface area contributed by atoms with Crippen molar-refractivity contribution < 1.29 is 9.53 Å². The lowest BCUT2D eigenvalue weighted by Crippen LogP contribution is -2.30. The normalized spacial score (nSPS) is 10.1. The molecule has 0 aliphatic rings. The average molecular weight is 268 g/mol. The van der Waals surface area contributed by atoms with Crippen molar-refractivity contribution >= 4 is 23.5 Å². The number of anilines is 1. The maximum Gasteiger partial charge on any atom is 0.319 e. The van der Waals surface area contributed by atoms with E-state index < -0.39 is 0 Å². The van der Waals surface area contributed by atoms with Gasteiger partial charge in [0.2, 0.25) is 0 Å². The molecule has 1 rings (SSSR count). The van der Waals surface area contributed by atoms with Crippen molar-refractivity contribution in [3.63, 3.8) is 0 Å². The Kier molecular flexibility index (Phi) is 7.29. The Morgan fingerprint density at radius 3 is 3.00 bits per heavy atom. The molecule has 0 saturated heterocycles. The van der Waals surface area contributed by atoms with E-state index in [2.05, 4.69) is 10.6 Å². The number of hydrogen-bond donors (Lipinski definition) is 2. The minimum Gasteiger partial charge on any atom is -0.382 e. The zero-order valence-electron chi connectivity index (χ0n) is 10.9. The largest absolute Gasteiger partial charge is 0.382 e. The minimum atomic E-state index is -0.176. The fraction of sp³-hybridized carbons (Fsp3) is 0.462. The molecule has 0 radical (unpaired) electrons. The van der Waals surface area contributed by atoms with E-state index in [9.17, 15) is 4.79 Å². The van der Waals surface area contributed by atoms with Crippen molar-refractivity contribution in [2.75, 3.05) is 31.3 Å². The first kappa shape index (κ1) is 14.9. The average Bonchev–Trinajstić information content (AvgIpc) is 2.38. The molecule has 0 bridgehead atoms. The fourth-order valence-electron chi connectivity index (χ4n) is 1.40. The van der Waals surface area contributed by atoms with Crippen LogP contribution in [0.25, 0.3) is 0 Å². The second-order valence-electron chi connectivity index (χ2n) is 3.66. The van der Waals surface area contributed by atoms with Crippen molar-refractivity contribution in [2.45, 2.75) is 18.2 Å². The topological polar surface area (TPSA) is 50.4 Å². The van der Waals surface area contributed by atoms with Crippen LogP contribution in [0.4, 0.5) is 10.5 Å². The first-order valence-corrected chi connectivity index (χ1v) is 7.25. The molecule has 2 amide bonds. The van der Waals surface area contributed by atoms with Crippen LogP contribution in [-0.4, -0.2) is 32.0 Å². The maximum absolute atomic E-state index is 11.6. The molecule has 18 heavy (non-hydrogen) atoms. The van der Waals surface area contributed by atoms with Crippen LogP contribution in [0.15, 0.2) is 29.2 Å². The van der Waals surface area contributed by atoms with E-state index in [4.69, 9.17) is 4.74 Å². The quantitative estimate of drug-likeness (QED) is 0.590. The third-order valence-corrected chi connectivity index (χ3v) is 3.01. The number of hydrogen-bond acceptors (Lipinski definition) is 3. The maximum atomic E-state index is 11.6. The first-order chi connectivity index (χ1) is 8.76. The summed E-state index contributed by atoms with van der Waals surface area (Å²) in [6, 6.07) is 7.58. The summed E-state index contributed by atoms with van der Waals surface area (Å²) >= 11 is 1.65. The molecule has 1 aromatic carbocycles. The number of carbonyl (C=O) groups is 1. The van der Waals surface area contributed by atoms with Gasteiger partial charge in [-0.3, -0.25) is 0 Å². The predicted molar refractivity (Wildman–Crippen MR) is 76.4 cm³/mol. The highest BCUT2D eigenvalue weighted by Gasteiger charge is 2.01. The Bertz CT molecular complexity index is 372. The standard InChI is InChI=1S/C13H20N2O2S/c1-3-17-9-5-8-14-13(16)15-11-6-4-7-12(10-11)18-2/h4,6-7,10H,3,5,8-9H2,1-2H3,(H2,14,15,16). The molecule has 0 spiro atoms. The molecule has 0 heterocycles. The van der Waals surface area contributed by atoms with Gasteiger partial charge >= 0.3 is 6.03 Å². The summed E-state index contributed by atoms with van der Waals surface area (Å²) in [5.41, 5.74) is 0.809. The van der Waals surface area contributed by atoms with Crippen LogP contribution in [0.5, 0.6) is 0 Å². The molecule has 0 aromatic heterocycles. The molecule has 2 N–H and O–H groups in total. The van der Waals surface area contributed by atoms with Crippen molar-refractivity contribution in [2.24, 2.45) is 0 Å². The molecule has 5 heteroatoms. The number of nitrogens with one attached hydrogen (secondary N) is 2. The third-order valence-electron chi connectivity index (χ3n) is 2.28. The molecule has 0 aliphatic heterocycles. The van der Waals surface area contributed by atoms with E-state index in [0.29, 0.717) is 19.8 Å². The second kappa shape index (κ2) is 8.83. The van der Waals surface area contributed by atoms with Crippen molar-refractivity contribution in [1.82, 2.24) is 5.32 Å². The number of urea groups is 1. The van der Waals surface area contributed by atoms with Crippen LogP contribution in [0.1, 0.15) is 13.3 Å². The summed E-state index contributed by atoms with van der Waals surface area (Å²) in [7, 11) is 0. The van der Waals surface area contributed by atoms with E-state index >= 15 is 0 Å². The van der Waals surface area contributed by atoms with Gasteiger partial charge in [0.05, 0.1) is 0 Å². The van der Waals surface area contributed by atoms with Gasteiger partial charge in [0.1, 0.15) is 0 Å². The van der Waals surface area contributed by atoms with Crippen LogP contribution in [0.3, 0.4) is 0 Å². The lowest BCUT2D eigenvalue weighted by atomic mass is 10.3. The van der Waals surface area contributed by atoms with Gasteiger partial charge in [0.15, 0.2) is 0 Å². The Labute approximate surface area is 112 Å². The monoisotopic (exact) mass is 268 g/mol. The van der Waals surface area contributed by atoms with E-state index in [-0.39, 0.29) is 6.03 Å². The number of rotatable bonds is 7. The van der Waals surface area contributed by atoms with Gasteiger partial charge in [-0.05, 0) is 37.8 Å². The molecular weight excluding hydrogens is 248 g/mol. The van der Waals surface area contributed by atoms with Gasteiger partial charge in [0.25, 0.3) is 0 Å². The fourth-order valence-corrected chi connectivity index (χ4v) is 1.86. The number of benzene rings is 1. The van der Waals surface area contributed by atoms with E-state index in [1.807, 2.05) is 37.4 Å². The number of thioether (sulfide) groups is 1. The first-order valence-electron chi connectivity index (χ1n) is 6.03. The molecule has 1 aromatic rings. The second-order valence-corrected chi connectivity index (χ2v) is 4.54. The molecule has 0 saturated carbocycles. The summed E-state index contributed by atoms with van der Waals surface area (Å²) in [5, 5.41) is 5.59. The smallest absolute Gasteiger partial charge is 0.319 e. The van der Waals surface area contributed by atoms with Crippen molar-refractivity contribution in [3.8, 4) is 0 Å². The van der Waals surface area contributed by atoms with Crippen LogP contribution in [0, 0.1) is 0 Å². The highest BCUT2D eigenvalue weighted by Crippen LogP contribution is 2.18.